The summed E-state index contributed by atoms with van der Waals surface area (Å²) in [6.07, 6.45) is 2.11. The van der Waals surface area contributed by atoms with Crippen molar-refractivity contribution < 1.29 is 19.1 Å². The van der Waals surface area contributed by atoms with Crippen LogP contribution in [-0.4, -0.2) is 27.5 Å². The second-order valence-corrected chi connectivity index (χ2v) is 9.36. The topological polar surface area (TPSA) is 95.1 Å². The van der Waals surface area contributed by atoms with E-state index in [1.807, 2.05) is 67.6 Å². The summed E-state index contributed by atoms with van der Waals surface area (Å²) < 4.78 is 6.17. The molecule has 0 spiro atoms. The Kier molecular flexibility index (Phi) is 7.35. The number of aryl methyl sites for hydroxylation is 1. The van der Waals surface area contributed by atoms with Gasteiger partial charge in [-0.25, -0.2) is 5.43 Å². The normalized spacial score (nSPS) is 13.7. The van der Waals surface area contributed by atoms with Crippen LogP contribution in [0.15, 0.2) is 94.4 Å². The monoisotopic (exact) mass is 507 g/mol. The quantitative estimate of drug-likeness (QED) is 0.318. The van der Waals surface area contributed by atoms with E-state index in [4.69, 9.17) is 4.42 Å². The van der Waals surface area contributed by atoms with Gasteiger partial charge in [0.05, 0.1) is 11.3 Å². The Hall–Kier alpha value is -4.65. The van der Waals surface area contributed by atoms with Crippen molar-refractivity contribution in [1.29, 1.82) is 0 Å². The Morgan fingerprint density at radius 1 is 0.895 bits per heavy atom. The molecule has 0 saturated carbocycles. The summed E-state index contributed by atoms with van der Waals surface area (Å²) in [5, 5.41) is 14.4. The number of phenolic OH excluding ortho intramolecular Hbond substituents is 1. The maximum absolute atomic E-state index is 13.9. The molecule has 7 nitrogen and oxygen atoms in total. The van der Waals surface area contributed by atoms with E-state index >= 15 is 0 Å². The third-order valence-electron chi connectivity index (χ3n) is 6.68. The number of aromatic hydroxyl groups is 1. The minimum Gasteiger partial charge on any atom is -0.507 e. The number of furan rings is 1. The number of benzene rings is 3. The average Bonchev–Trinajstić information content (AvgIpc) is 3.29. The number of hydrogen-bond acceptors (Lipinski definition) is 5. The molecule has 2 amide bonds. The molecule has 38 heavy (non-hydrogen) atoms. The zero-order chi connectivity index (χ0) is 26.5. The molecule has 0 bridgehead atoms. The van der Waals surface area contributed by atoms with Gasteiger partial charge in [-0.3, -0.25) is 9.59 Å². The molecule has 0 saturated heterocycles. The largest absolute Gasteiger partial charge is 0.507 e. The molecule has 1 aliphatic carbocycles. The molecule has 3 aromatic carbocycles. The molecule has 0 radical (unpaired) electrons. The predicted octanol–water partition coefficient (Wildman–Crippen LogP) is 5.61. The van der Waals surface area contributed by atoms with Crippen molar-refractivity contribution in [2.75, 3.05) is 0 Å². The molecule has 2 N–H and O–H groups in total. The Morgan fingerprint density at radius 3 is 2.13 bits per heavy atom. The van der Waals surface area contributed by atoms with E-state index in [9.17, 15) is 14.7 Å². The number of phenols is 1. The molecule has 7 heteroatoms. The summed E-state index contributed by atoms with van der Waals surface area (Å²) in [5.74, 6) is 0.189. The van der Waals surface area contributed by atoms with Gasteiger partial charge < -0.3 is 14.4 Å². The highest BCUT2D eigenvalue weighted by Crippen LogP contribution is 2.31. The van der Waals surface area contributed by atoms with Crippen LogP contribution in [0.1, 0.15) is 61.8 Å². The van der Waals surface area contributed by atoms with Gasteiger partial charge in [-0.05, 0) is 43.0 Å². The van der Waals surface area contributed by atoms with Gasteiger partial charge in [-0.2, -0.15) is 5.10 Å². The predicted molar refractivity (Wildman–Crippen MR) is 145 cm³/mol. The Bertz CT molecular complexity index is 1430. The lowest BCUT2D eigenvalue weighted by molar-refractivity contribution is 0.0694. The van der Waals surface area contributed by atoms with E-state index in [2.05, 4.69) is 10.5 Å². The maximum atomic E-state index is 13.9. The number of fused-ring (bicyclic) bond motifs is 1. The molecule has 192 valence electrons. The van der Waals surface area contributed by atoms with Gasteiger partial charge in [0.15, 0.2) is 5.76 Å². The fourth-order valence-corrected chi connectivity index (χ4v) is 4.78. The van der Waals surface area contributed by atoms with Crippen LogP contribution in [0.2, 0.25) is 0 Å². The van der Waals surface area contributed by atoms with Crippen LogP contribution in [0.3, 0.4) is 0 Å². The number of carbonyl (C=O) groups excluding carboxylic acids is 2. The Labute approximate surface area is 221 Å². The molecule has 0 unspecified atom stereocenters. The number of nitrogens with one attached hydrogen (secondary N) is 1. The zero-order valence-corrected chi connectivity index (χ0v) is 21.2. The van der Waals surface area contributed by atoms with E-state index < -0.39 is 5.91 Å². The Morgan fingerprint density at radius 2 is 1.50 bits per heavy atom. The number of hydrazone groups is 1. The number of hydrogen-bond donors (Lipinski definition) is 2. The van der Waals surface area contributed by atoms with Gasteiger partial charge in [0.25, 0.3) is 11.8 Å². The van der Waals surface area contributed by atoms with E-state index in [0.717, 1.165) is 23.1 Å². The average molecular weight is 508 g/mol. The lowest BCUT2D eigenvalue weighted by Crippen LogP contribution is -2.30. The second-order valence-electron chi connectivity index (χ2n) is 9.36. The zero-order valence-electron chi connectivity index (χ0n) is 21.2. The highest BCUT2D eigenvalue weighted by atomic mass is 16.4. The van der Waals surface area contributed by atoms with Crippen molar-refractivity contribution in [2.45, 2.75) is 39.3 Å². The lowest BCUT2D eigenvalue weighted by Gasteiger charge is -2.22. The SMILES string of the molecule is Cc1c(C(=O)N(Cc2ccccc2)Cc2ccccc2)oc2c1/C(=N/NC(=O)c1ccccc1O)CCC2. The van der Waals surface area contributed by atoms with E-state index in [-0.39, 0.29) is 17.2 Å². The molecule has 5 rings (SSSR count). The molecule has 1 heterocycles. The van der Waals surface area contributed by atoms with Crippen molar-refractivity contribution in [3.63, 3.8) is 0 Å². The second kappa shape index (κ2) is 11.2. The van der Waals surface area contributed by atoms with Gasteiger partial charge >= 0.3 is 0 Å². The summed E-state index contributed by atoms with van der Waals surface area (Å²) in [6, 6.07) is 26.1. The molecular weight excluding hydrogens is 478 g/mol. The van der Waals surface area contributed by atoms with Crippen LogP contribution in [0.4, 0.5) is 0 Å². The summed E-state index contributed by atoms with van der Waals surface area (Å²) in [5.41, 5.74) is 6.90. The molecule has 1 aromatic heterocycles. The number of rotatable bonds is 7. The van der Waals surface area contributed by atoms with Crippen LogP contribution >= 0.6 is 0 Å². The van der Waals surface area contributed by atoms with Crippen molar-refractivity contribution in [3.8, 4) is 5.75 Å². The summed E-state index contributed by atoms with van der Waals surface area (Å²) in [4.78, 5) is 28.3. The highest BCUT2D eigenvalue weighted by Gasteiger charge is 2.30. The van der Waals surface area contributed by atoms with Gasteiger partial charge in [-0.15, -0.1) is 0 Å². The summed E-state index contributed by atoms with van der Waals surface area (Å²) in [6.45, 7) is 2.75. The number of nitrogens with zero attached hydrogens (tertiary/aromatic N) is 2. The third kappa shape index (κ3) is 5.37. The van der Waals surface area contributed by atoms with Crippen molar-refractivity contribution in [2.24, 2.45) is 5.10 Å². The van der Waals surface area contributed by atoms with Crippen LogP contribution in [-0.2, 0) is 19.5 Å². The minimum atomic E-state index is -0.503. The van der Waals surface area contributed by atoms with Gasteiger partial charge in [-0.1, -0.05) is 72.8 Å². The van der Waals surface area contributed by atoms with E-state index in [1.54, 1.807) is 17.0 Å². The lowest BCUT2D eigenvalue weighted by atomic mass is 9.93. The molecule has 4 aromatic rings. The summed E-state index contributed by atoms with van der Waals surface area (Å²) in [7, 11) is 0. The number of amides is 2. The van der Waals surface area contributed by atoms with Crippen LogP contribution in [0.25, 0.3) is 0 Å². The van der Waals surface area contributed by atoms with Crippen LogP contribution in [0, 0.1) is 6.92 Å². The standard InChI is InChI=1S/C31H29N3O4/c1-21-28-25(32-33-30(36)24-15-8-9-17-26(24)35)16-10-18-27(28)38-29(21)31(37)34(19-22-11-4-2-5-12-22)20-23-13-6-3-7-14-23/h2-9,11-15,17,35H,10,16,18-20H2,1H3,(H,33,36)/b32-25+. The van der Waals surface area contributed by atoms with Crippen molar-refractivity contribution >= 4 is 17.5 Å². The Balaban J connectivity index is 1.43. The van der Waals surface area contributed by atoms with E-state index in [1.165, 1.54) is 12.1 Å². The molecular formula is C31H29N3O4. The van der Waals surface area contributed by atoms with Crippen LogP contribution < -0.4 is 5.43 Å². The first-order valence-electron chi connectivity index (χ1n) is 12.7. The fourth-order valence-electron chi connectivity index (χ4n) is 4.78. The third-order valence-corrected chi connectivity index (χ3v) is 6.68. The minimum absolute atomic E-state index is 0.112. The van der Waals surface area contributed by atoms with Gasteiger partial charge in [0.1, 0.15) is 11.5 Å². The first-order valence-corrected chi connectivity index (χ1v) is 12.7. The number of para-hydroxylation sites is 1. The molecule has 0 atom stereocenters. The first kappa shape index (κ1) is 25.0. The molecule has 1 aliphatic rings. The van der Waals surface area contributed by atoms with Gasteiger partial charge in [0.2, 0.25) is 0 Å². The van der Waals surface area contributed by atoms with E-state index in [0.29, 0.717) is 48.7 Å². The molecule has 0 fully saturated rings. The highest BCUT2D eigenvalue weighted by molar-refractivity contribution is 6.07. The fraction of sp³-hybridized carbons (Fsp3) is 0.194. The number of carbonyl (C=O) groups is 2. The first-order chi connectivity index (χ1) is 18.5. The maximum Gasteiger partial charge on any atom is 0.290 e. The van der Waals surface area contributed by atoms with Crippen molar-refractivity contribution in [1.82, 2.24) is 10.3 Å². The smallest absolute Gasteiger partial charge is 0.290 e. The van der Waals surface area contributed by atoms with Gasteiger partial charge in [0, 0.05) is 30.6 Å². The van der Waals surface area contributed by atoms with Crippen LogP contribution in [0.5, 0.6) is 5.75 Å². The summed E-state index contributed by atoms with van der Waals surface area (Å²) >= 11 is 0. The van der Waals surface area contributed by atoms with Crippen molar-refractivity contribution in [3.05, 3.63) is 124 Å². The molecule has 0 aliphatic heterocycles.